The van der Waals surface area contributed by atoms with Gasteiger partial charge >= 0.3 is 0 Å². The Morgan fingerprint density at radius 1 is 0.862 bits per heavy atom. The number of nitrogens with one attached hydrogen (secondary N) is 2. The molecule has 2 N–H and O–H groups in total. The number of hydrogen-bond acceptors (Lipinski definition) is 3. The summed E-state index contributed by atoms with van der Waals surface area (Å²) in [5, 5.41) is 5.59. The van der Waals surface area contributed by atoms with Crippen molar-refractivity contribution in [2.24, 2.45) is 0 Å². The molecule has 0 radical (unpaired) electrons. The molecule has 0 unspecified atom stereocenters. The van der Waals surface area contributed by atoms with E-state index in [9.17, 15) is 14.0 Å². The lowest BCUT2D eigenvalue weighted by molar-refractivity contribution is -0.120. The van der Waals surface area contributed by atoms with E-state index in [-0.39, 0.29) is 18.3 Å². The highest BCUT2D eigenvalue weighted by molar-refractivity contribution is 6.33. The minimum atomic E-state index is -0.409. The normalized spacial score (nSPS) is 10.3. The van der Waals surface area contributed by atoms with Crippen molar-refractivity contribution in [2.75, 3.05) is 6.54 Å². The van der Waals surface area contributed by atoms with Crippen LogP contribution in [0.4, 0.5) is 4.39 Å². The number of carbonyl (C=O) groups excluding carboxylic acids is 2. The highest BCUT2D eigenvalue weighted by Crippen LogP contribution is 2.21. The van der Waals surface area contributed by atoms with Crippen molar-refractivity contribution < 1.29 is 18.7 Å². The Hall–Kier alpha value is -3.38. The molecule has 2 amide bonds. The maximum absolute atomic E-state index is 12.9. The summed E-state index contributed by atoms with van der Waals surface area (Å²) in [5.41, 5.74) is 1.18. The van der Waals surface area contributed by atoms with Gasteiger partial charge in [0.2, 0.25) is 5.91 Å². The molecule has 7 heteroatoms. The first kappa shape index (κ1) is 20.4. The summed E-state index contributed by atoms with van der Waals surface area (Å²) < 4.78 is 18.5. The van der Waals surface area contributed by atoms with Crippen LogP contribution in [0.25, 0.3) is 0 Å². The lowest BCUT2D eigenvalue weighted by Crippen LogP contribution is -2.36. The lowest BCUT2D eigenvalue weighted by Gasteiger charge is -2.09. The lowest BCUT2D eigenvalue weighted by atomic mass is 10.2. The number of hydrogen-bond donors (Lipinski definition) is 2. The molecule has 0 fully saturated rings. The summed E-state index contributed by atoms with van der Waals surface area (Å²) in [6, 6.07) is 19.5. The monoisotopic (exact) mass is 412 g/mol. The van der Waals surface area contributed by atoms with Crippen LogP contribution in [0.3, 0.4) is 0 Å². The summed E-state index contributed by atoms with van der Waals surface area (Å²) in [6.07, 6.45) is 0. The number of halogens is 2. The van der Waals surface area contributed by atoms with Crippen molar-refractivity contribution >= 4 is 23.4 Å². The van der Waals surface area contributed by atoms with E-state index in [0.717, 1.165) is 5.56 Å². The fourth-order valence-electron chi connectivity index (χ4n) is 2.48. The second kappa shape index (κ2) is 9.71. The van der Waals surface area contributed by atoms with Crippen molar-refractivity contribution in [2.45, 2.75) is 6.54 Å². The maximum Gasteiger partial charge on any atom is 0.253 e. The molecule has 0 atom stereocenters. The second-order valence-corrected chi connectivity index (χ2v) is 6.55. The van der Waals surface area contributed by atoms with Crippen molar-refractivity contribution in [1.29, 1.82) is 0 Å². The van der Waals surface area contributed by atoms with Gasteiger partial charge in [-0.15, -0.1) is 0 Å². The van der Waals surface area contributed by atoms with Crippen LogP contribution in [0.5, 0.6) is 11.5 Å². The van der Waals surface area contributed by atoms with Gasteiger partial charge in [0.25, 0.3) is 5.91 Å². The van der Waals surface area contributed by atoms with E-state index < -0.39 is 5.91 Å². The van der Waals surface area contributed by atoms with Gasteiger partial charge in [-0.2, -0.15) is 0 Å². The molecule has 0 spiro atoms. The molecule has 3 aromatic rings. The van der Waals surface area contributed by atoms with Gasteiger partial charge in [-0.1, -0.05) is 35.9 Å². The summed E-state index contributed by atoms with van der Waals surface area (Å²) in [5.74, 6) is 0.0667. The zero-order valence-electron chi connectivity index (χ0n) is 15.3. The third kappa shape index (κ3) is 6.05. The first-order valence-electron chi connectivity index (χ1n) is 8.83. The van der Waals surface area contributed by atoms with E-state index >= 15 is 0 Å². The Kier molecular flexibility index (Phi) is 6.81. The summed E-state index contributed by atoms with van der Waals surface area (Å²) in [7, 11) is 0. The summed E-state index contributed by atoms with van der Waals surface area (Å²) in [4.78, 5) is 24.0. The highest BCUT2D eigenvalue weighted by Gasteiger charge is 2.10. The SMILES string of the molecule is O=C(CNC(=O)c1ccccc1Cl)NCc1ccc(Oc2ccc(F)cc2)cc1. The molecule has 0 aromatic heterocycles. The van der Waals surface area contributed by atoms with E-state index in [1.807, 2.05) is 12.1 Å². The molecule has 0 saturated heterocycles. The molecule has 0 saturated carbocycles. The fraction of sp³-hybridized carbons (Fsp3) is 0.0909. The Labute approximate surface area is 172 Å². The molecule has 148 valence electrons. The van der Waals surface area contributed by atoms with Crippen LogP contribution in [0.15, 0.2) is 72.8 Å². The van der Waals surface area contributed by atoms with Gasteiger partial charge in [0, 0.05) is 6.54 Å². The largest absolute Gasteiger partial charge is 0.457 e. The summed E-state index contributed by atoms with van der Waals surface area (Å²) >= 11 is 5.96. The van der Waals surface area contributed by atoms with Crippen LogP contribution in [-0.2, 0) is 11.3 Å². The number of benzene rings is 3. The van der Waals surface area contributed by atoms with Gasteiger partial charge in [-0.25, -0.2) is 4.39 Å². The zero-order valence-corrected chi connectivity index (χ0v) is 16.1. The average Bonchev–Trinajstić information content (AvgIpc) is 2.73. The standard InChI is InChI=1S/C22H18ClFN2O3/c23-20-4-2-1-3-19(20)22(28)26-14-21(27)25-13-15-5-9-17(10-6-15)29-18-11-7-16(24)8-12-18/h1-12H,13-14H2,(H,25,27)(H,26,28). The molecule has 5 nitrogen and oxygen atoms in total. The smallest absolute Gasteiger partial charge is 0.253 e. The van der Waals surface area contributed by atoms with Gasteiger partial charge < -0.3 is 15.4 Å². The first-order chi connectivity index (χ1) is 14.0. The maximum atomic E-state index is 12.9. The van der Waals surface area contributed by atoms with E-state index in [0.29, 0.717) is 28.6 Å². The van der Waals surface area contributed by atoms with Gasteiger partial charge in [0.05, 0.1) is 17.1 Å². The predicted octanol–water partition coefficient (Wildman–Crippen LogP) is 4.32. The number of amides is 2. The number of rotatable bonds is 7. The third-order valence-corrected chi connectivity index (χ3v) is 4.32. The highest BCUT2D eigenvalue weighted by atomic mass is 35.5. The fourth-order valence-corrected chi connectivity index (χ4v) is 2.70. The minimum absolute atomic E-state index is 0.157. The van der Waals surface area contributed by atoms with E-state index in [2.05, 4.69) is 10.6 Å². The zero-order chi connectivity index (χ0) is 20.6. The van der Waals surface area contributed by atoms with E-state index in [4.69, 9.17) is 16.3 Å². The quantitative estimate of drug-likeness (QED) is 0.607. The van der Waals surface area contributed by atoms with E-state index in [1.54, 1.807) is 48.5 Å². The molecule has 29 heavy (non-hydrogen) atoms. The van der Waals surface area contributed by atoms with Crippen molar-refractivity contribution in [1.82, 2.24) is 10.6 Å². The molecule has 0 aliphatic carbocycles. The average molecular weight is 413 g/mol. The Morgan fingerprint density at radius 3 is 2.14 bits per heavy atom. The van der Waals surface area contributed by atoms with Gasteiger partial charge in [-0.05, 0) is 54.1 Å². The summed E-state index contributed by atoms with van der Waals surface area (Å²) in [6.45, 7) is 0.146. The van der Waals surface area contributed by atoms with Gasteiger partial charge in [0.1, 0.15) is 17.3 Å². The molecule has 3 rings (SSSR count). The minimum Gasteiger partial charge on any atom is -0.457 e. The van der Waals surface area contributed by atoms with Gasteiger partial charge in [-0.3, -0.25) is 9.59 Å². The van der Waals surface area contributed by atoms with Crippen LogP contribution < -0.4 is 15.4 Å². The van der Waals surface area contributed by atoms with Crippen LogP contribution in [0.1, 0.15) is 15.9 Å². The molecule has 0 bridgehead atoms. The van der Waals surface area contributed by atoms with Crippen LogP contribution >= 0.6 is 11.6 Å². The molecule has 0 heterocycles. The van der Waals surface area contributed by atoms with Crippen molar-refractivity contribution in [3.63, 3.8) is 0 Å². The predicted molar refractivity (Wildman–Crippen MR) is 109 cm³/mol. The van der Waals surface area contributed by atoms with Gasteiger partial charge in [0.15, 0.2) is 0 Å². The Morgan fingerprint density at radius 2 is 1.48 bits per heavy atom. The molecule has 3 aromatic carbocycles. The Bertz CT molecular complexity index is 992. The van der Waals surface area contributed by atoms with Crippen molar-refractivity contribution in [3.05, 3.63) is 94.8 Å². The van der Waals surface area contributed by atoms with Crippen LogP contribution in [0, 0.1) is 5.82 Å². The number of ether oxygens (including phenoxy) is 1. The first-order valence-corrected chi connectivity index (χ1v) is 9.21. The van der Waals surface area contributed by atoms with Crippen LogP contribution in [0.2, 0.25) is 5.02 Å². The molecule has 0 aliphatic heterocycles. The Balaban J connectivity index is 1.44. The van der Waals surface area contributed by atoms with Crippen molar-refractivity contribution in [3.8, 4) is 11.5 Å². The third-order valence-electron chi connectivity index (χ3n) is 3.99. The topological polar surface area (TPSA) is 67.4 Å². The second-order valence-electron chi connectivity index (χ2n) is 6.14. The van der Waals surface area contributed by atoms with E-state index in [1.165, 1.54) is 12.1 Å². The van der Waals surface area contributed by atoms with Crippen LogP contribution in [-0.4, -0.2) is 18.4 Å². The molecular weight excluding hydrogens is 395 g/mol. The molecular formula is C22H18ClFN2O3. The molecule has 0 aliphatic rings. The number of carbonyl (C=O) groups is 2.